The molecule has 0 fully saturated rings. The Morgan fingerprint density at radius 2 is 1.72 bits per heavy atom. The maximum absolute atomic E-state index is 12.0. The highest BCUT2D eigenvalue weighted by molar-refractivity contribution is 9.10. The van der Waals surface area contributed by atoms with Gasteiger partial charge in [0.15, 0.2) is 0 Å². The second-order valence-electron chi connectivity index (χ2n) is 3.57. The van der Waals surface area contributed by atoms with Crippen molar-refractivity contribution in [1.29, 1.82) is 0 Å². The second kappa shape index (κ2) is 5.25. The van der Waals surface area contributed by atoms with E-state index in [9.17, 15) is 4.79 Å². The zero-order valence-electron chi connectivity index (χ0n) is 8.91. The van der Waals surface area contributed by atoms with Crippen LogP contribution in [0.2, 0.25) is 0 Å². The molecule has 0 bridgehead atoms. The van der Waals surface area contributed by atoms with Gasteiger partial charge in [0.2, 0.25) is 5.78 Å². The van der Waals surface area contributed by atoms with Crippen molar-refractivity contribution in [3.63, 3.8) is 0 Å². The van der Waals surface area contributed by atoms with Crippen LogP contribution in [-0.4, -0.2) is 14.1 Å². The summed E-state index contributed by atoms with van der Waals surface area (Å²) in [6.45, 7) is 0. The van der Waals surface area contributed by atoms with E-state index in [0.717, 1.165) is 10.2 Å². The Morgan fingerprint density at radius 1 is 1.11 bits per heavy atom. The minimum atomic E-state index is -1.95. The van der Waals surface area contributed by atoms with Crippen molar-refractivity contribution in [1.82, 2.24) is 4.57 Å². The Morgan fingerprint density at radius 3 is 2.28 bits per heavy atom. The van der Waals surface area contributed by atoms with Crippen LogP contribution in [0.1, 0.15) is 10.5 Å². The van der Waals surface area contributed by atoms with Crippen LogP contribution < -0.4 is 0 Å². The molecule has 2 aromatic rings. The number of Topliss-reactive ketones (excluding diaryl/α,β-unsaturated/α-hetero) is 1. The van der Waals surface area contributed by atoms with E-state index in [1.807, 2.05) is 24.3 Å². The Labute approximate surface area is 128 Å². The zero-order valence-corrected chi connectivity index (χ0v) is 12.8. The zero-order chi connectivity index (χ0) is 13.3. The summed E-state index contributed by atoms with van der Waals surface area (Å²) in [5, 5.41) is 0. The number of aromatic nitrogens is 1. The third kappa shape index (κ3) is 2.91. The van der Waals surface area contributed by atoms with Crippen LogP contribution >= 0.6 is 50.7 Å². The molecule has 0 radical (unpaired) electrons. The van der Waals surface area contributed by atoms with Crippen molar-refractivity contribution >= 4 is 56.5 Å². The minimum Gasteiger partial charge on any atom is -0.314 e. The lowest BCUT2D eigenvalue weighted by Gasteiger charge is -2.12. The Balaban J connectivity index is 2.45. The molecule has 2 nitrogen and oxygen atoms in total. The maximum atomic E-state index is 12.0. The summed E-state index contributed by atoms with van der Waals surface area (Å²) in [6.07, 6.45) is 1.74. The number of nitrogens with zero attached hydrogens (tertiary/aromatic N) is 1. The van der Waals surface area contributed by atoms with Crippen LogP contribution in [0.5, 0.6) is 0 Å². The van der Waals surface area contributed by atoms with Crippen LogP contribution in [0.4, 0.5) is 0 Å². The standard InChI is InChI=1S/C12H7BrCl3NO/c13-8-3-5-9(6-4-8)17-7-1-2-10(17)11(18)12(14,15)16/h1-7H. The van der Waals surface area contributed by atoms with Gasteiger partial charge in [0.05, 0.1) is 5.69 Å². The fourth-order valence-corrected chi connectivity index (χ4v) is 2.09. The van der Waals surface area contributed by atoms with E-state index in [1.54, 1.807) is 22.9 Å². The lowest BCUT2D eigenvalue weighted by Crippen LogP contribution is -2.21. The van der Waals surface area contributed by atoms with Crippen molar-refractivity contribution in [2.24, 2.45) is 0 Å². The molecule has 0 aliphatic rings. The van der Waals surface area contributed by atoms with Crippen molar-refractivity contribution in [2.75, 3.05) is 0 Å². The molecule has 0 amide bonds. The van der Waals surface area contributed by atoms with Gasteiger partial charge < -0.3 is 4.57 Å². The van der Waals surface area contributed by atoms with E-state index in [0.29, 0.717) is 5.69 Å². The van der Waals surface area contributed by atoms with Crippen LogP contribution in [0.3, 0.4) is 0 Å². The van der Waals surface area contributed by atoms with E-state index in [-0.39, 0.29) is 0 Å². The molecule has 94 valence electrons. The summed E-state index contributed by atoms with van der Waals surface area (Å²) in [4.78, 5) is 12.0. The Kier molecular flexibility index (Phi) is 4.07. The molecule has 6 heteroatoms. The predicted octanol–water partition coefficient (Wildman–Crippen LogP) is 4.79. The van der Waals surface area contributed by atoms with E-state index >= 15 is 0 Å². The second-order valence-corrected chi connectivity index (χ2v) is 6.76. The number of carbonyl (C=O) groups excluding carboxylic acids is 1. The highest BCUT2D eigenvalue weighted by atomic mass is 79.9. The molecular formula is C12H7BrCl3NO. The highest BCUT2D eigenvalue weighted by Gasteiger charge is 2.33. The van der Waals surface area contributed by atoms with E-state index in [4.69, 9.17) is 34.8 Å². The number of benzene rings is 1. The van der Waals surface area contributed by atoms with Gasteiger partial charge in [-0.25, -0.2) is 0 Å². The summed E-state index contributed by atoms with van der Waals surface area (Å²) in [5.41, 5.74) is 1.15. The molecule has 1 aromatic carbocycles. The van der Waals surface area contributed by atoms with Crippen LogP contribution in [0, 0.1) is 0 Å². The van der Waals surface area contributed by atoms with Gasteiger partial charge in [-0.05, 0) is 36.4 Å². The number of carbonyl (C=O) groups is 1. The number of ketones is 1. The Bertz CT molecular complexity index is 572. The molecule has 1 aromatic heterocycles. The van der Waals surface area contributed by atoms with E-state index in [2.05, 4.69) is 15.9 Å². The first-order valence-corrected chi connectivity index (χ1v) is 6.87. The van der Waals surface area contributed by atoms with E-state index in [1.165, 1.54) is 0 Å². The molecular weight excluding hydrogens is 360 g/mol. The number of rotatable bonds is 2. The number of hydrogen-bond donors (Lipinski definition) is 0. The average molecular weight is 367 g/mol. The normalized spacial score (nSPS) is 11.6. The van der Waals surface area contributed by atoms with Gasteiger partial charge in [-0.1, -0.05) is 50.7 Å². The Hall–Kier alpha value is -0.480. The lowest BCUT2D eigenvalue weighted by molar-refractivity contribution is 0.0990. The molecule has 0 saturated heterocycles. The first-order valence-electron chi connectivity index (χ1n) is 4.94. The number of hydrogen-bond acceptors (Lipinski definition) is 1. The lowest BCUT2D eigenvalue weighted by atomic mass is 10.2. The van der Waals surface area contributed by atoms with Crippen molar-refractivity contribution in [3.8, 4) is 5.69 Å². The molecule has 18 heavy (non-hydrogen) atoms. The highest BCUT2D eigenvalue weighted by Crippen LogP contribution is 2.31. The summed E-state index contributed by atoms with van der Waals surface area (Å²) in [5.74, 6) is -0.555. The fraction of sp³-hybridized carbons (Fsp3) is 0.0833. The largest absolute Gasteiger partial charge is 0.314 e. The van der Waals surface area contributed by atoms with Crippen molar-refractivity contribution in [2.45, 2.75) is 3.79 Å². The van der Waals surface area contributed by atoms with Crippen molar-refractivity contribution < 1.29 is 4.79 Å². The first-order chi connectivity index (χ1) is 8.39. The van der Waals surface area contributed by atoms with Gasteiger partial charge in [-0.3, -0.25) is 4.79 Å². The number of halogens is 4. The smallest absolute Gasteiger partial charge is 0.255 e. The molecule has 1 heterocycles. The minimum absolute atomic E-state index is 0.331. The molecule has 0 aliphatic heterocycles. The molecule has 0 saturated carbocycles. The maximum Gasteiger partial charge on any atom is 0.255 e. The van der Waals surface area contributed by atoms with Gasteiger partial charge in [-0.15, -0.1) is 0 Å². The van der Waals surface area contributed by atoms with E-state index < -0.39 is 9.58 Å². The van der Waals surface area contributed by atoms with Gasteiger partial charge in [0.25, 0.3) is 3.79 Å². The predicted molar refractivity (Wildman–Crippen MR) is 78.1 cm³/mol. The molecule has 0 spiro atoms. The molecule has 0 aliphatic carbocycles. The van der Waals surface area contributed by atoms with Crippen molar-refractivity contribution in [3.05, 3.63) is 52.8 Å². The average Bonchev–Trinajstić information content (AvgIpc) is 2.76. The van der Waals surface area contributed by atoms with Gasteiger partial charge in [0, 0.05) is 16.4 Å². The SMILES string of the molecule is O=C(c1cccn1-c1ccc(Br)cc1)C(Cl)(Cl)Cl. The van der Waals surface area contributed by atoms with Crippen LogP contribution in [0.25, 0.3) is 5.69 Å². The molecule has 0 N–H and O–H groups in total. The summed E-state index contributed by atoms with van der Waals surface area (Å²) in [7, 11) is 0. The topological polar surface area (TPSA) is 22.0 Å². The van der Waals surface area contributed by atoms with Gasteiger partial charge in [0.1, 0.15) is 0 Å². The summed E-state index contributed by atoms with van der Waals surface area (Å²) >= 11 is 20.2. The first kappa shape index (κ1) is 13.9. The molecule has 2 rings (SSSR count). The van der Waals surface area contributed by atoms with Gasteiger partial charge in [-0.2, -0.15) is 0 Å². The van der Waals surface area contributed by atoms with Crippen LogP contribution in [0.15, 0.2) is 47.1 Å². The molecule has 0 unspecified atom stereocenters. The third-order valence-electron chi connectivity index (χ3n) is 2.34. The quantitative estimate of drug-likeness (QED) is 0.552. The van der Waals surface area contributed by atoms with Gasteiger partial charge >= 0.3 is 0 Å². The third-order valence-corrected chi connectivity index (χ3v) is 3.39. The fourth-order valence-electron chi connectivity index (χ4n) is 1.54. The van der Waals surface area contributed by atoms with Crippen LogP contribution in [-0.2, 0) is 0 Å². The number of alkyl halides is 3. The monoisotopic (exact) mass is 365 g/mol. The summed E-state index contributed by atoms with van der Waals surface area (Å²) in [6, 6.07) is 10.8. The molecule has 0 atom stereocenters. The summed E-state index contributed by atoms with van der Waals surface area (Å²) < 4.78 is 0.676.